The van der Waals surface area contributed by atoms with E-state index in [1.165, 1.54) is 12.8 Å². The Balaban J connectivity index is 2.00. The van der Waals surface area contributed by atoms with Crippen LogP contribution in [-0.4, -0.2) is 24.0 Å². The van der Waals surface area contributed by atoms with Crippen molar-refractivity contribution in [1.82, 2.24) is 10.2 Å². The molecule has 1 saturated carbocycles. The van der Waals surface area contributed by atoms with Gasteiger partial charge < -0.3 is 5.32 Å². The van der Waals surface area contributed by atoms with Crippen LogP contribution in [0.15, 0.2) is 18.2 Å². The minimum absolute atomic E-state index is 0.140. The summed E-state index contributed by atoms with van der Waals surface area (Å²) in [6.45, 7) is 4.98. The molecule has 0 unspecified atom stereocenters. The van der Waals surface area contributed by atoms with Crippen LogP contribution < -0.4 is 5.32 Å². The van der Waals surface area contributed by atoms with Gasteiger partial charge in [0.1, 0.15) is 5.82 Å². The molecule has 2 nitrogen and oxygen atoms in total. The fourth-order valence-electron chi connectivity index (χ4n) is 2.31. The number of terminal acetylenes is 1. The van der Waals surface area contributed by atoms with E-state index in [1.807, 2.05) is 12.1 Å². The Hall–Kier alpha value is -1.37. The molecule has 0 heterocycles. The monoisotopic (exact) mass is 274 g/mol. The first-order valence-corrected chi connectivity index (χ1v) is 7.39. The topological polar surface area (TPSA) is 15.3 Å². The van der Waals surface area contributed by atoms with Gasteiger partial charge in [0.2, 0.25) is 0 Å². The highest BCUT2D eigenvalue weighted by molar-refractivity contribution is 5.25. The maximum Gasteiger partial charge on any atom is 0.127 e. The lowest BCUT2D eigenvalue weighted by Gasteiger charge is -2.19. The van der Waals surface area contributed by atoms with Crippen molar-refractivity contribution in [2.24, 2.45) is 0 Å². The van der Waals surface area contributed by atoms with Gasteiger partial charge in [-0.1, -0.05) is 25.0 Å². The van der Waals surface area contributed by atoms with Crippen molar-refractivity contribution in [3.63, 3.8) is 0 Å². The maximum atomic E-state index is 13.9. The molecule has 0 aromatic heterocycles. The van der Waals surface area contributed by atoms with E-state index in [0.717, 1.165) is 30.6 Å². The van der Waals surface area contributed by atoms with E-state index in [-0.39, 0.29) is 5.82 Å². The average Bonchev–Trinajstić information content (AvgIpc) is 3.24. The number of hydrogen-bond acceptors (Lipinski definition) is 2. The Morgan fingerprint density at radius 1 is 1.45 bits per heavy atom. The van der Waals surface area contributed by atoms with Crippen LogP contribution >= 0.6 is 0 Å². The van der Waals surface area contributed by atoms with E-state index in [0.29, 0.717) is 19.1 Å². The van der Waals surface area contributed by atoms with Crippen molar-refractivity contribution >= 4 is 0 Å². The first-order chi connectivity index (χ1) is 9.72. The summed E-state index contributed by atoms with van der Waals surface area (Å²) in [7, 11) is 0. The van der Waals surface area contributed by atoms with Gasteiger partial charge in [-0.25, -0.2) is 4.39 Å². The van der Waals surface area contributed by atoms with Crippen LogP contribution in [0.3, 0.4) is 0 Å². The third-order valence-corrected chi connectivity index (χ3v) is 3.53. The Morgan fingerprint density at radius 2 is 2.25 bits per heavy atom. The molecule has 20 heavy (non-hydrogen) atoms. The predicted octanol–water partition coefficient (Wildman–Crippen LogP) is 2.92. The van der Waals surface area contributed by atoms with Gasteiger partial charge in [-0.3, -0.25) is 4.90 Å². The Bertz CT molecular complexity index is 474. The molecule has 0 atom stereocenters. The van der Waals surface area contributed by atoms with Gasteiger partial charge in [-0.2, -0.15) is 0 Å². The molecule has 1 aromatic carbocycles. The molecule has 0 bridgehead atoms. The number of halogens is 1. The fourth-order valence-corrected chi connectivity index (χ4v) is 2.31. The molecule has 0 saturated heterocycles. The summed E-state index contributed by atoms with van der Waals surface area (Å²) >= 11 is 0. The lowest BCUT2D eigenvalue weighted by molar-refractivity contribution is 0.295. The lowest BCUT2D eigenvalue weighted by atomic mass is 10.1. The summed E-state index contributed by atoms with van der Waals surface area (Å²) in [5.74, 6) is 2.51. The third-order valence-electron chi connectivity index (χ3n) is 3.53. The molecule has 1 aromatic rings. The number of nitrogens with zero attached hydrogens (tertiary/aromatic N) is 1. The zero-order valence-corrected chi connectivity index (χ0v) is 12.2. The summed E-state index contributed by atoms with van der Waals surface area (Å²) in [4.78, 5) is 2.11. The summed E-state index contributed by atoms with van der Waals surface area (Å²) in [5.41, 5.74) is 1.88. The molecule has 0 radical (unpaired) electrons. The molecule has 0 spiro atoms. The summed E-state index contributed by atoms with van der Waals surface area (Å²) in [6.07, 6.45) is 8.92. The molecule has 0 aliphatic heterocycles. The van der Waals surface area contributed by atoms with Crippen LogP contribution in [0.25, 0.3) is 0 Å². The summed E-state index contributed by atoms with van der Waals surface area (Å²) < 4.78 is 13.9. The number of benzene rings is 1. The first kappa shape index (κ1) is 15.0. The average molecular weight is 274 g/mol. The van der Waals surface area contributed by atoms with Crippen molar-refractivity contribution in [2.45, 2.75) is 45.3 Å². The molecular weight excluding hydrogens is 251 g/mol. The highest BCUT2D eigenvalue weighted by atomic mass is 19.1. The number of nitrogens with one attached hydrogen (secondary N) is 1. The highest BCUT2D eigenvalue weighted by Crippen LogP contribution is 2.20. The van der Waals surface area contributed by atoms with Gasteiger partial charge in [0, 0.05) is 24.7 Å². The second-order valence-electron chi connectivity index (χ2n) is 5.50. The van der Waals surface area contributed by atoms with Crippen molar-refractivity contribution in [2.75, 3.05) is 13.1 Å². The van der Waals surface area contributed by atoms with Crippen LogP contribution in [-0.2, 0) is 13.1 Å². The Labute approximate surface area is 121 Å². The van der Waals surface area contributed by atoms with Crippen LogP contribution in [0.2, 0.25) is 0 Å². The van der Waals surface area contributed by atoms with Gasteiger partial charge in [-0.05, 0) is 37.4 Å². The quantitative estimate of drug-likeness (QED) is 0.733. The van der Waals surface area contributed by atoms with Crippen LogP contribution in [0.1, 0.15) is 37.3 Å². The third kappa shape index (κ3) is 4.63. The van der Waals surface area contributed by atoms with E-state index < -0.39 is 0 Å². The number of rotatable bonds is 8. The zero-order valence-electron chi connectivity index (χ0n) is 12.2. The standard InChI is InChI=1S/C17H23FN2/c1-3-9-20(10-4-2)13-15-11-14(5-8-17(15)18)12-19-16-6-7-16/h1,5,8,11,16,19H,4,6-7,9-10,12-13H2,2H3. The highest BCUT2D eigenvalue weighted by Gasteiger charge is 2.20. The minimum Gasteiger partial charge on any atom is -0.310 e. The molecule has 1 aliphatic rings. The second kappa shape index (κ2) is 7.42. The first-order valence-electron chi connectivity index (χ1n) is 7.39. The molecular formula is C17H23FN2. The second-order valence-corrected chi connectivity index (χ2v) is 5.50. The summed E-state index contributed by atoms with van der Waals surface area (Å²) in [5, 5.41) is 3.45. The lowest BCUT2D eigenvalue weighted by Crippen LogP contribution is -2.25. The molecule has 0 amide bonds. The summed E-state index contributed by atoms with van der Waals surface area (Å²) in [6, 6.07) is 6.06. The van der Waals surface area contributed by atoms with Gasteiger partial charge in [0.15, 0.2) is 0 Å². The Kier molecular flexibility index (Phi) is 5.58. The van der Waals surface area contributed by atoms with E-state index in [9.17, 15) is 4.39 Å². The van der Waals surface area contributed by atoms with Gasteiger partial charge in [-0.15, -0.1) is 6.42 Å². The molecule has 2 rings (SSSR count). The molecule has 1 aliphatic carbocycles. The minimum atomic E-state index is -0.140. The van der Waals surface area contributed by atoms with E-state index >= 15 is 0 Å². The van der Waals surface area contributed by atoms with E-state index in [1.54, 1.807) is 6.07 Å². The smallest absolute Gasteiger partial charge is 0.127 e. The largest absolute Gasteiger partial charge is 0.310 e. The van der Waals surface area contributed by atoms with Crippen LogP contribution in [0.5, 0.6) is 0 Å². The van der Waals surface area contributed by atoms with Gasteiger partial charge in [0.25, 0.3) is 0 Å². The molecule has 108 valence electrons. The van der Waals surface area contributed by atoms with E-state index in [4.69, 9.17) is 6.42 Å². The predicted molar refractivity (Wildman–Crippen MR) is 80.7 cm³/mol. The van der Waals surface area contributed by atoms with Gasteiger partial charge in [0.05, 0.1) is 6.54 Å². The fraction of sp³-hybridized carbons (Fsp3) is 0.529. The number of hydrogen-bond donors (Lipinski definition) is 1. The maximum absolute atomic E-state index is 13.9. The molecule has 3 heteroatoms. The zero-order chi connectivity index (χ0) is 14.4. The van der Waals surface area contributed by atoms with Crippen molar-refractivity contribution < 1.29 is 4.39 Å². The SMILES string of the molecule is C#CCN(CCC)Cc1cc(CNC2CC2)ccc1F. The van der Waals surface area contributed by atoms with Crippen molar-refractivity contribution in [1.29, 1.82) is 0 Å². The van der Waals surface area contributed by atoms with Crippen LogP contribution in [0.4, 0.5) is 4.39 Å². The molecule has 1 fully saturated rings. The Morgan fingerprint density at radius 3 is 2.90 bits per heavy atom. The van der Waals surface area contributed by atoms with Crippen molar-refractivity contribution in [3.8, 4) is 12.3 Å². The van der Waals surface area contributed by atoms with Gasteiger partial charge >= 0.3 is 0 Å². The van der Waals surface area contributed by atoms with Crippen LogP contribution in [0, 0.1) is 18.2 Å². The normalized spacial score (nSPS) is 14.5. The molecule has 1 N–H and O–H groups in total. The van der Waals surface area contributed by atoms with Crippen molar-refractivity contribution in [3.05, 3.63) is 35.1 Å². The van der Waals surface area contributed by atoms with E-state index in [2.05, 4.69) is 23.1 Å².